The molecule has 4 heteroatoms. The van der Waals surface area contributed by atoms with E-state index >= 15 is 0 Å². The molecule has 0 amide bonds. The Morgan fingerprint density at radius 2 is 2.11 bits per heavy atom. The standard InChI is InChI=1S/C14H25N3S/c1-3-9-15-13(10-11-7-5-6-8-11)14-12(4-2)16-17-18-14/h11,13,15H,3-10H2,1-2H3. The molecule has 1 aliphatic rings. The molecule has 1 unspecified atom stereocenters. The number of nitrogens with one attached hydrogen (secondary N) is 1. The van der Waals surface area contributed by atoms with E-state index in [1.807, 2.05) is 0 Å². The summed E-state index contributed by atoms with van der Waals surface area (Å²) in [6, 6.07) is 0.489. The van der Waals surface area contributed by atoms with Crippen molar-refractivity contribution in [2.75, 3.05) is 6.54 Å². The summed E-state index contributed by atoms with van der Waals surface area (Å²) in [6.45, 7) is 5.50. The smallest absolute Gasteiger partial charge is 0.0800 e. The minimum Gasteiger partial charge on any atom is -0.309 e. The van der Waals surface area contributed by atoms with Gasteiger partial charge in [0.2, 0.25) is 0 Å². The van der Waals surface area contributed by atoms with Crippen molar-refractivity contribution in [2.24, 2.45) is 5.92 Å². The zero-order chi connectivity index (χ0) is 12.8. The van der Waals surface area contributed by atoms with Gasteiger partial charge in [-0.3, -0.25) is 0 Å². The Morgan fingerprint density at radius 3 is 2.78 bits per heavy atom. The van der Waals surface area contributed by atoms with Crippen LogP contribution in [0.1, 0.15) is 69.0 Å². The van der Waals surface area contributed by atoms with Crippen LogP contribution in [0.25, 0.3) is 0 Å². The summed E-state index contributed by atoms with van der Waals surface area (Å²) < 4.78 is 4.15. The molecule has 0 aliphatic heterocycles. The van der Waals surface area contributed by atoms with Crippen molar-refractivity contribution in [1.29, 1.82) is 0 Å². The summed E-state index contributed by atoms with van der Waals surface area (Å²) in [5.41, 5.74) is 1.20. The summed E-state index contributed by atoms with van der Waals surface area (Å²) in [6.07, 6.45) is 9.14. The maximum Gasteiger partial charge on any atom is 0.0800 e. The second-order valence-electron chi connectivity index (χ2n) is 5.33. The Labute approximate surface area is 115 Å². The van der Waals surface area contributed by atoms with E-state index in [1.54, 1.807) is 11.5 Å². The lowest BCUT2D eigenvalue weighted by Gasteiger charge is -2.21. The molecule has 0 saturated heterocycles. The maximum absolute atomic E-state index is 4.27. The molecule has 102 valence electrons. The third-order valence-corrected chi connectivity index (χ3v) is 4.80. The summed E-state index contributed by atoms with van der Waals surface area (Å²) in [7, 11) is 0. The normalized spacial score (nSPS) is 18.3. The molecule has 1 N–H and O–H groups in total. The van der Waals surface area contributed by atoms with Crippen LogP contribution in [0, 0.1) is 5.92 Å². The molecule has 0 spiro atoms. The van der Waals surface area contributed by atoms with E-state index in [4.69, 9.17) is 0 Å². The first-order valence-electron chi connectivity index (χ1n) is 7.39. The van der Waals surface area contributed by atoms with Gasteiger partial charge in [0, 0.05) is 6.04 Å². The van der Waals surface area contributed by atoms with E-state index in [-0.39, 0.29) is 0 Å². The van der Waals surface area contributed by atoms with Gasteiger partial charge < -0.3 is 5.32 Å². The Morgan fingerprint density at radius 1 is 1.33 bits per heavy atom. The van der Waals surface area contributed by atoms with E-state index in [0.29, 0.717) is 6.04 Å². The number of aryl methyl sites for hydroxylation is 1. The van der Waals surface area contributed by atoms with Gasteiger partial charge in [-0.15, -0.1) is 5.10 Å². The van der Waals surface area contributed by atoms with Crippen LogP contribution >= 0.6 is 11.5 Å². The Hall–Kier alpha value is -0.480. The molecule has 0 bridgehead atoms. The lowest BCUT2D eigenvalue weighted by Crippen LogP contribution is -2.24. The number of hydrogen-bond donors (Lipinski definition) is 1. The molecule has 1 saturated carbocycles. The van der Waals surface area contributed by atoms with Crippen LogP contribution in [0.4, 0.5) is 0 Å². The van der Waals surface area contributed by atoms with Gasteiger partial charge in [0.25, 0.3) is 0 Å². The lowest BCUT2D eigenvalue weighted by atomic mass is 9.96. The molecule has 1 heterocycles. The van der Waals surface area contributed by atoms with Gasteiger partial charge in [-0.2, -0.15) is 0 Å². The van der Waals surface area contributed by atoms with Crippen LogP contribution in [0.2, 0.25) is 0 Å². The van der Waals surface area contributed by atoms with Crippen molar-refractivity contribution in [3.05, 3.63) is 10.6 Å². The maximum atomic E-state index is 4.27. The van der Waals surface area contributed by atoms with Crippen LogP contribution < -0.4 is 5.32 Å². The number of hydrogen-bond acceptors (Lipinski definition) is 4. The van der Waals surface area contributed by atoms with Gasteiger partial charge in [-0.25, -0.2) is 0 Å². The topological polar surface area (TPSA) is 37.8 Å². The lowest BCUT2D eigenvalue weighted by molar-refractivity contribution is 0.397. The third kappa shape index (κ3) is 3.51. The first-order valence-corrected chi connectivity index (χ1v) is 8.17. The van der Waals surface area contributed by atoms with Gasteiger partial charge >= 0.3 is 0 Å². The summed E-state index contributed by atoms with van der Waals surface area (Å²) in [5, 5.41) is 7.97. The third-order valence-electron chi connectivity index (χ3n) is 3.92. The van der Waals surface area contributed by atoms with Crippen molar-refractivity contribution in [3.63, 3.8) is 0 Å². The summed E-state index contributed by atoms with van der Waals surface area (Å²) >= 11 is 1.59. The van der Waals surface area contributed by atoms with Gasteiger partial charge in [0.15, 0.2) is 0 Å². The van der Waals surface area contributed by atoms with Crippen molar-refractivity contribution < 1.29 is 0 Å². The predicted octanol–water partition coefficient (Wildman–Crippen LogP) is 3.72. The Balaban J connectivity index is 2.03. The molecule has 1 aromatic rings. The molecule has 0 radical (unpaired) electrons. The van der Waals surface area contributed by atoms with E-state index in [0.717, 1.165) is 18.9 Å². The van der Waals surface area contributed by atoms with Crippen LogP contribution in [0.3, 0.4) is 0 Å². The van der Waals surface area contributed by atoms with Gasteiger partial charge in [0.1, 0.15) is 0 Å². The number of aromatic nitrogens is 2. The highest BCUT2D eigenvalue weighted by Crippen LogP contribution is 2.34. The second-order valence-corrected chi connectivity index (χ2v) is 6.12. The van der Waals surface area contributed by atoms with Crippen molar-refractivity contribution in [3.8, 4) is 0 Å². The molecule has 3 nitrogen and oxygen atoms in total. The van der Waals surface area contributed by atoms with Gasteiger partial charge in [0.05, 0.1) is 10.6 Å². The monoisotopic (exact) mass is 267 g/mol. The fraction of sp³-hybridized carbons (Fsp3) is 0.857. The molecular weight excluding hydrogens is 242 g/mol. The fourth-order valence-electron chi connectivity index (χ4n) is 2.91. The second kappa shape index (κ2) is 7.19. The van der Waals surface area contributed by atoms with Gasteiger partial charge in [-0.05, 0) is 43.3 Å². The highest BCUT2D eigenvalue weighted by molar-refractivity contribution is 7.05. The van der Waals surface area contributed by atoms with E-state index < -0.39 is 0 Å². The quantitative estimate of drug-likeness (QED) is 0.818. The predicted molar refractivity (Wildman–Crippen MR) is 76.9 cm³/mol. The van der Waals surface area contributed by atoms with Crippen molar-refractivity contribution >= 4 is 11.5 Å². The summed E-state index contributed by atoms with van der Waals surface area (Å²) in [4.78, 5) is 1.39. The van der Waals surface area contributed by atoms with Gasteiger partial charge in [-0.1, -0.05) is 44.0 Å². The first-order chi connectivity index (χ1) is 8.85. The largest absolute Gasteiger partial charge is 0.309 e. The molecule has 0 aromatic carbocycles. The Bertz CT molecular complexity index is 345. The SMILES string of the molecule is CCCNC(CC1CCCC1)c1snnc1CC. The highest BCUT2D eigenvalue weighted by Gasteiger charge is 2.24. The van der Waals surface area contributed by atoms with Crippen LogP contribution in [0.15, 0.2) is 0 Å². The Kier molecular flexibility index (Phi) is 5.57. The van der Waals surface area contributed by atoms with Crippen LogP contribution in [0.5, 0.6) is 0 Å². The molecule has 1 fully saturated rings. The molecule has 1 aliphatic carbocycles. The molecule has 18 heavy (non-hydrogen) atoms. The average Bonchev–Trinajstić information content (AvgIpc) is 3.04. The van der Waals surface area contributed by atoms with E-state index in [9.17, 15) is 0 Å². The van der Waals surface area contributed by atoms with Crippen LogP contribution in [-0.2, 0) is 6.42 Å². The minimum absolute atomic E-state index is 0.489. The fourth-order valence-corrected chi connectivity index (χ4v) is 3.73. The van der Waals surface area contributed by atoms with E-state index in [2.05, 4.69) is 28.8 Å². The number of nitrogens with zero attached hydrogens (tertiary/aromatic N) is 2. The van der Waals surface area contributed by atoms with Crippen molar-refractivity contribution in [2.45, 2.75) is 64.8 Å². The molecule has 2 rings (SSSR count). The molecule has 1 atom stereocenters. The first kappa shape index (κ1) is 13.9. The molecular formula is C14H25N3S. The highest BCUT2D eigenvalue weighted by atomic mass is 32.1. The minimum atomic E-state index is 0.489. The van der Waals surface area contributed by atoms with Crippen LogP contribution in [-0.4, -0.2) is 16.1 Å². The van der Waals surface area contributed by atoms with Crippen molar-refractivity contribution in [1.82, 2.24) is 14.9 Å². The number of rotatable bonds is 7. The average molecular weight is 267 g/mol. The zero-order valence-corrected chi connectivity index (χ0v) is 12.4. The van der Waals surface area contributed by atoms with E-state index in [1.165, 1.54) is 49.1 Å². The zero-order valence-electron chi connectivity index (χ0n) is 11.6. The summed E-state index contributed by atoms with van der Waals surface area (Å²) in [5.74, 6) is 0.908. The molecule has 1 aromatic heterocycles.